The average Bonchev–Trinajstić information content (AvgIpc) is 3.10. The van der Waals surface area contributed by atoms with E-state index in [9.17, 15) is 4.79 Å². The number of aromatic nitrogens is 2. The molecule has 0 saturated heterocycles. The van der Waals surface area contributed by atoms with Crippen molar-refractivity contribution in [3.05, 3.63) is 60.6 Å². The van der Waals surface area contributed by atoms with E-state index in [4.69, 9.17) is 10.5 Å². The molecule has 2 atom stereocenters. The standard InChI is InChI=1S/C22H26N4O2.2ClH/c1-22(23)12-4-2-6-19(22)21(27)25-16-8-10-18(11-9-16)28-15-17-14-26-13-5-3-7-20(26)24-17;;/h3,5,7-11,13-14,19H,2,4,6,12,15,23H2,1H3,(H,25,27);2*1H. The summed E-state index contributed by atoms with van der Waals surface area (Å²) < 4.78 is 7.79. The molecule has 1 aromatic carbocycles. The summed E-state index contributed by atoms with van der Waals surface area (Å²) in [4.78, 5) is 17.2. The third-order valence-electron chi connectivity index (χ3n) is 5.49. The Morgan fingerprint density at radius 3 is 2.70 bits per heavy atom. The van der Waals surface area contributed by atoms with Crippen LogP contribution in [0.4, 0.5) is 5.69 Å². The van der Waals surface area contributed by atoms with Gasteiger partial charge in [0.1, 0.15) is 18.0 Å². The first-order valence-corrected chi connectivity index (χ1v) is 9.76. The van der Waals surface area contributed by atoms with E-state index in [0.29, 0.717) is 6.61 Å². The molecule has 1 saturated carbocycles. The largest absolute Gasteiger partial charge is 0.487 e. The third kappa shape index (κ3) is 5.45. The number of carbonyl (C=O) groups excluding carboxylic acids is 1. The number of nitrogens with zero attached hydrogens (tertiary/aromatic N) is 2. The van der Waals surface area contributed by atoms with E-state index in [1.54, 1.807) is 0 Å². The monoisotopic (exact) mass is 450 g/mol. The molecule has 1 aliphatic rings. The van der Waals surface area contributed by atoms with Gasteiger partial charge >= 0.3 is 0 Å². The first-order chi connectivity index (χ1) is 13.5. The number of carbonyl (C=O) groups is 1. The van der Waals surface area contributed by atoms with E-state index in [2.05, 4.69) is 10.3 Å². The molecule has 0 aliphatic heterocycles. The first-order valence-electron chi connectivity index (χ1n) is 9.76. The van der Waals surface area contributed by atoms with E-state index in [1.807, 2.05) is 66.2 Å². The van der Waals surface area contributed by atoms with Crippen LogP contribution in [0.25, 0.3) is 5.65 Å². The highest BCUT2D eigenvalue weighted by atomic mass is 35.5. The highest BCUT2D eigenvalue weighted by molar-refractivity contribution is 5.93. The van der Waals surface area contributed by atoms with E-state index in [-0.39, 0.29) is 36.6 Å². The Kier molecular flexibility index (Phi) is 8.12. The van der Waals surface area contributed by atoms with Crippen molar-refractivity contribution in [1.29, 1.82) is 0 Å². The van der Waals surface area contributed by atoms with Crippen molar-refractivity contribution >= 4 is 42.1 Å². The number of pyridine rings is 1. The van der Waals surface area contributed by atoms with Gasteiger partial charge in [0.15, 0.2) is 0 Å². The minimum atomic E-state index is -0.431. The molecular weight excluding hydrogens is 423 g/mol. The number of hydrogen-bond donors (Lipinski definition) is 2. The van der Waals surface area contributed by atoms with Crippen LogP contribution in [0.1, 0.15) is 38.3 Å². The lowest BCUT2D eigenvalue weighted by molar-refractivity contribution is -0.122. The molecule has 1 amide bonds. The molecule has 6 nitrogen and oxygen atoms in total. The number of benzene rings is 1. The fraction of sp³-hybridized carbons (Fsp3) is 0.364. The summed E-state index contributed by atoms with van der Waals surface area (Å²) in [6, 6.07) is 13.3. The van der Waals surface area contributed by atoms with Crippen LogP contribution in [-0.2, 0) is 11.4 Å². The summed E-state index contributed by atoms with van der Waals surface area (Å²) in [7, 11) is 0. The molecule has 4 rings (SSSR count). The molecule has 8 heteroatoms. The number of halogens is 2. The molecule has 3 N–H and O–H groups in total. The topological polar surface area (TPSA) is 81.7 Å². The Hall–Kier alpha value is -2.28. The maximum atomic E-state index is 12.6. The van der Waals surface area contributed by atoms with Crippen LogP contribution in [0.5, 0.6) is 5.75 Å². The lowest BCUT2D eigenvalue weighted by atomic mass is 9.74. The quantitative estimate of drug-likeness (QED) is 0.594. The minimum Gasteiger partial charge on any atom is -0.487 e. The van der Waals surface area contributed by atoms with Gasteiger partial charge in [0.25, 0.3) is 0 Å². The van der Waals surface area contributed by atoms with E-state index in [1.165, 1.54) is 0 Å². The number of ether oxygens (including phenoxy) is 1. The lowest BCUT2D eigenvalue weighted by Gasteiger charge is -2.37. The van der Waals surface area contributed by atoms with Gasteiger partial charge in [-0.3, -0.25) is 4.79 Å². The Labute approximate surface area is 189 Å². The van der Waals surface area contributed by atoms with Gasteiger partial charge < -0.3 is 20.2 Å². The van der Waals surface area contributed by atoms with Crippen molar-refractivity contribution in [2.45, 2.75) is 44.8 Å². The predicted molar refractivity (Wildman–Crippen MR) is 124 cm³/mol. The Morgan fingerprint density at radius 1 is 1.23 bits per heavy atom. The second-order valence-corrected chi connectivity index (χ2v) is 7.80. The summed E-state index contributed by atoms with van der Waals surface area (Å²) >= 11 is 0. The molecule has 1 fully saturated rings. The number of imidazole rings is 1. The third-order valence-corrected chi connectivity index (χ3v) is 5.49. The van der Waals surface area contributed by atoms with Crippen molar-refractivity contribution in [1.82, 2.24) is 9.38 Å². The second kappa shape index (κ2) is 10.2. The van der Waals surface area contributed by atoms with Gasteiger partial charge in [0.2, 0.25) is 5.91 Å². The molecular formula is C22H28Cl2N4O2. The van der Waals surface area contributed by atoms with Crippen LogP contribution in [0.15, 0.2) is 54.9 Å². The van der Waals surface area contributed by atoms with Crippen molar-refractivity contribution in [2.75, 3.05) is 5.32 Å². The summed E-state index contributed by atoms with van der Waals surface area (Å²) in [6.45, 7) is 2.37. The van der Waals surface area contributed by atoms with E-state index in [0.717, 1.165) is 48.5 Å². The van der Waals surface area contributed by atoms with E-state index >= 15 is 0 Å². The zero-order valence-corrected chi connectivity index (χ0v) is 18.5. The molecule has 2 heterocycles. The number of rotatable bonds is 5. The predicted octanol–water partition coefficient (Wildman–Crippen LogP) is 4.60. The number of hydrogen-bond acceptors (Lipinski definition) is 4. The van der Waals surface area contributed by atoms with Crippen LogP contribution in [0.2, 0.25) is 0 Å². The summed E-state index contributed by atoms with van der Waals surface area (Å²) in [6.07, 6.45) is 7.80. The average molecular weight is 451 g/mol. The van der Waals surface area contributed by atoms with Crippen molar-refractivity contribution in [3.8, 4) is 5.75 Å². The highest BCUT2D eigenvalue weighted by Crippen LogP contribution is 2.32. The molecule has 1 aliphatic carbocycles. The second-order valence-electron chi connectivity index (χ2n) is 7.80. The van der Waals surface area contributed by atoms with Gasteiger partial charge in [-0.25, -0.2) is 4.98 Å². The van der Waals surface area contributed by atoms with Crippen LogP contribution in [0, 0.1) is 5.92 Å². The first kappa shape index (κ1) is 24.0. The van der Waals surface area contributed by atoms with Crippen molar-refractivity contribution in [3.63, 3.8) is 0 Å². The van der Waals surface area contributed by atoms with Gasteiger partial charge in [-0.1, -0.05) is 18.9 Å². The number of nitrogens with two attached hydrogens (primary N) is 1. The molecule has 0 bridgehead atoms. The lowest BCUT2D eigenvalue weighted by Crippen LogP contribution is -2.51. The summed E-state index contributed by atoms with van der Waals surface area (Å²) in [5, 5.41) is 3.00. The molecule has 0 radical (unpaired) electrons. The van der Waals surface area contributed by atoms with E-state index < -0.39 is 5.54 Å². The molecule has 3 aromatic rings. The van der Waals surface area contributed by atoms with Gasteiger partial charge in [0, 0.05) is 23.6 Å². The fourth-order valence-corrected chi connectivity index (χ4v) is 3.87. The fourth-order valence-electron chi connectivity index (χ4n) is 3.87. The van der Waals surface area contributed by atoms with Crippen LogP contribution < -0.4 is 15.8 Å². The highest BCUT2D eigenvalue weighted by Gasteiger charge is 2.37. The molecule has 2 aromatic heterocycles. The smallest absolute Gasteiger partial charge is 0.229 e. The molecule has 2 unspecified atom stereocenters. The van der Waals surface area contributed by atoms with Crippen LogP contribution in [-0.4, -0.2) is 20.8 Å². The maximum Gasteiger partial charge on any atom is 0.229 e. The number of amides is 1. The minimum absolute atomic E-state index is 0. The molecule has 30 heavy (non-hydrogen) atoms. The number of nitrogens with one attached hydrogen (secondary N) is 1. The molecule has 0 spiro atoms. The van der Waals surface area contributed by atoms with Gasteiger partial charge in [-0.15, -0.1) is 24.8 Å². The maximum absolute atomic E-state index is 12.6. The van der Waals surface area contributed by atoms with Crippen LogP contribution in [0.3, 0.4) is 0 Å². The van der Waals surface area contributed by atoms with Gasteiger partial charge in [0.05, 0.1) is 11.6 Å². The Bertz CT molecular complexity index is 940. The van der Waals surface area contributed by atoms with Crippen LogP contribution >= 0.6 is 24.8 Å². The number of anilines is 1. The van der Waals surface area contributed by atoms with Gasteiger partial charge in [-0.2, -0.15) is 0 Å². The Morgan fingerprint density at radius 2 is 2.00 bits per heavy atom. The SMILES string of the molecule is CC1(N)CCCCC1C(=O)Nc1ccc(OCc2cn3ccccc3n2)cc1.Cl.Cl. The zero-order valence-electron chi connectivity index (χ0n) is 16.9. The Balaban J connectivity index is 0.00000160. The summed E-state index contributed by atoms with van der Waals surface area (Å²) in [5.74, 6) is 0.590. The normalized spacial score (nSPS) is 20.7. The van der Waals surface area contributed by atoms with Crippen molar-refractivity contribution < 1.29 is 9.53 Å². The number of fused-ring (bicyclic) bond motifs is 1. The van der Waals surface area contributed by atoms with Crippen molar-refractivity contribution in [2.24, 2.45) is 11.7 Å². The summed E-state index contributed by atoms with van der Waals surface area (Å²) in [5.41, 5.74) is 8.42. The zero-order chi connectivity index (χ0) is 19.6. The van der Waals surface area contributed by atoms with Gasteiger partial charge in [-0.05, 0) is 56.2 Å². The molecule has 162 valence electrons.